The van der Waals surface area contributed by atoms with Crippen LogP contribution in [0.25, 0.3) is 0 Å². The number of anilines is 3. The van der Waals surface area contributed by atoms with Gasteiger partial charge in [-0.1, -0.05) is 0 Å². The van der Waals surface area contributed by atoms with E-state index in [4.69, 9.17) is 4.74 Å². The van der Waals surface area contributed by atoms with Crippen molar-refractivity contribution in [1.29, 1.82) is 0 Å². The molecule has 0 saturated carbocycles. The maximum atomic E-state index is 5.39. The van der Waals surface area contributed by atoms with Crippen LogP contribution in [0.1, 0.15) is 26.7 Å². The van der Waals surface area contributed by atoms with Gasteiger partial charge in [0, 0.05) is 33.8 Å². The first kappa shape index (κ1) is 14.8. The highest BCUT2D eigenvalue weighted by molar-refractivity contribution is 5.44. The van der Waals surface area contributed by atoms with Crippen LogP contribution in [0, 0.1) is 0 Å². The van der Waals surface area contributed by atoms with E-state index in [1.54, 1.807) is 7.11 Å². The van der Waals surface area contributed by atoms with Crippen LogP contribution in [0.4, 0.5) is 17.8 Å². The van der Waals surface area contributed by atoms with Crippen LogP contribution < -0.4 is 15.5 Å². The first-order valence-electron chi connectivity index (χ1n) is 7.02. The molecule has 1 fully saturated rings. The lowest BCUT2D eigenvalue weighted by Gasteiger charge is -2.23. The van der Waals surface area contributed by atoms with E-state index in [1.165, 1.54) is 12.8 Å². The average Bonchev–Trinajstić information content (AvgIpc) is 2.99. The summed E-state index contributed by atoms with van der Waals surface area (Å²) in [5.74, 6) is 1.90. The highest BCUT2D eigenvalue weighted by Crippen LogP contribution is 2.19. The van der Waals surface area contributed by atoms with Crippen LogP contribution in [0.5, 0.6) is 0 Å². The second kappa shape index (κ2) is 6.21. The zero-order valence-corrected chi connectivity index (χ0v) is 12.7. The fraction of sp³-hybridized carbons (Fsp3) is 0.769. The number of nitrogens with zero attached hydrogens (tertiary/aromatic N) is 4. The zero-order valence-electron chi connectivity index (χ0n) is 12.7. The van der Waals surface area contributed by atoms with Crippen molar-refractivity contribution in [3.8, 4) is 0 Å². The Morgan fingerprint density at radius 2 is 1.80 bits per heavy atom. The minimum Gasteiger partial charge on any atom is -0.377 e. The Kier molecular flexibility index (Phi) is 4.59. The van der Waals surface area contributed by atoms with Crippen molar-refractivity contribution in [2.75, 3.05) is 49.3 Å². The number of nitrogens with one attached hydrogen (secondary N) is 2. The van der Waals surface area contributed by atoms with E-state index in [1.807, 2.05) is 20.9 Å². The van der Waals surface area contributed by atoms with Crippen molar-refractivity contribution >= 4 is 17.8 Å². The standard InChI is InChI=1S/C13H24N6O/c1-13(2,20-4)9-15-11-16-10(14-3)17-12(18-11)19-7-5-6-8-19/h5-9H2,1-4H3,(H2,14,15,16,17,18). The van der Waals surface area contributed by atoms with Crippen molar-refractivity contribution in [3.05, 3.63) is 0 Å². The minimum atomic E-state index is -0.264. The van der Waals surface area contributed by atoms with Gasteiger partial charge in [-0.15, -0.1) is 0 Å². The van der Waals surface area contributed by atoms with Gasteiger partial charge in [-0.3, -0.25) is 0 Å². The van der Waals surface area contributed by atoms with Crippen LogP contribution in [-0.4, -0.2) is 54.3 Å². The summed E-state index contributed by atoms with van der Waals surface area (Å²) in [7, 11) is 3.51. The van der Waals surface area contributed by atoms with Crippen molar-refractivity contribution < 1.29 is 4.74 Å². The normalized spacial score (nSPS) is 15.5. The van der Waals surface area contributed by atoms with Crippen LogP contribution in [-0.2, 0) is 4.74 Å². The molecule has 2 rings (SSSR count). The summed E-state index contributed by atoms with van der Waals surface area (Å²) < 4.78 is 5.39. The van der Waals surface area contributed by atoms with Gasteiger partial charge in [0.1, 0.15) is 0 Å². The highest BCUT2D eigenvalue weighted by atomic mass is 16.5. The molecular weight excluding hydrogens is 256 g/mol. The van der Waals surface area contributed by atoms with Gasteiger partial charge in [0.2, 0.25) is 17.8 Å². The molecule has 0 amide bonds. The van der Waals surface area contributed by atoms with E-state index in [9.17, 15) is 0 Å². The van der Waals surface area contributed by atoms with Gasteiger partial charge in [-0.2, -0.15) is 15.0 Å². The van der Waals surface area contributed by atoms with Gasteiger partial charge < -0.3 is 20.3 Å². The van der Waals surface area contributed by atoms with Crippen molar-refractivity contribution in [3.63, 3.8) is 0 Å². The number of hydrogen-bond donors (Lipinski definition) is 2. The number of ether oxygens (including phenoxy) is 1. The molecule has 1 aliphatic rings. The topological polar surface area (TPSA) is 75.2 Å². The lowest BCUT2D eigenvalue weighted by Crippen LogP contribution is -2.33. The van der Waals surface area contributed by atoms with E-state index in [-0.39, 0.29) is 5.60 Å². The third kappa shape index (κ3) is 3.69. The van der Waals surface area contributed by atoms with E-state index in [0.717, 1.165) is 19.0 Å². The number of aromatic nitrogens is 3. The molecular formula is C13H24N6O. The van der Waals surface area contributed by atoms with Gasteiger partial charge in [-0.05, 0) is 26.7 Å². The smallest absolute Gasteiger partial charge is 0.231 e. The molecule has 0 atom stereocenters. The van der Waals surface area contributed by atoms with Gasteiger partial charge in [-0.25, -0.2) is 0 Å². The molecule has 1 aromatic rings. The summed E-state index contributed by atoms with van der Waals surface area (Å²) in [5, 5.41) is 6.20. The Bertz CT molecular complexity index is 444. The van der Waals surface area contributed by atoms with Gasteiger partial charge >= 0.3 is 0 Å². The Hall–Kier alpha value is -1.63. The molecule has 0 unspecified atom stereocenters. The maximum Gasteiger partial charge on any atom is 0.231 e. The summed E-state index contributed by atoms with van der Waals surface area (Å²) in [6.45, 7) is 6.69. The lowest BCUT2D eigenvalue weighted by molar-refractivity contribution is 0.0342. The lowest BCUT2D eigenvalue weighted by atomic mass is 10.1. The van der Waals surface area contributed by atoms with Crippen molar-refractivity contribution in [2.24, 2.45) is 0 Å². The Labute approximate surface area is 120 Å². The summed E-state index contributed by atoms with van der Waals surface area (Å²) in [6.07, 6.45) is 2.39. The third-order valence-electron chi connectivity index (χ3n) is 3.46. The highest BCUT2D eigenvalue weighted by Gasteiger charge is 2.19. The predicted octanol–water partition coefficient (Wildman–Crippen LogP) is 1.35. The maximum absolute atomic E-state index is 5.39. The SMILES string of the molecule is CNc1nc(NCC(C)(C)OC)nc(N2CCCC2)n1. The van der Waals surface area contributed by atoms with Crippen molar-refractivity contribution in [1.82, 2.24) is 15.0 Å². The molecule has 1 aliphatic heterocycles. The molecule has 7 nitrogen and oxygen atoms in total. The molecule has 1 aromatic heterocycles. The fourth-order valence-electron chi connectivity index (χ4n) is 1.98. The monoisotopic (exact) mass is 280 g/mol. The van der Waals surface area contributed by atoms with E-state index in [0.29, 0.717) is 18.4 Å². The van der Waals surface area contributed by atoms with Gasteiger partial charge in [0.15, 0.2) is 0 Å². The zero-order chi connectivity index (χ0) is 14.6. The van der Waals surface area contributed by atoms with Crippen LogP contribution in [0.3, 0.4) is 0 Å². The molecule has 1 saturated heterocycles. The average molecular weight is 280 g/mol. The Morgan fingerprint density at radius 3 is 2.40 bits per heavy atom. The molecule has 0 bridgehead atoms. The number of hydrogen-bond acceptors (Lipinski definition) is 7. The Balaban J connectivity index is 2.13. The first-order chi connectivity index (χ1) is 9.54. The number of rotatable bonds is 6. The summed E-state index contributed by atoms with van der Waals surface area (Å²) in [6, 6.07) is 0. The van der Waals surface area contributed by atoms with Crippen molar-refractivity contribution in [2.45, 2.75) is 32.3 Å². The van der Waals surface area contributed by atoms with Gasteiger partial charge in [0.25, 0.3) is 0 Å². The summed E-state index contributed by atoms with van der Waals surface area (Å²) in [5.41, 5.74) is -0.264. The second-order valence-electron chi connectivity index (χ2n) is 5.54. The molecule has 0 aromatic carbocycles. The molecule has 0 radical (unpaired) electrons. The van der Waals surface area contributed by atoms with Gasteiger partial charge in [0.05, 0.1) is 5.60 Å². The van der Waals surface area contributed by atoms with E-state index >= 15 is 0 Å². The first-order valence-corrected chi connectivity index (χ1v) is 7.02. The molecule has 2 N–H and O–H groups in total. The van der Waals surface area contributed by atoms with Crippen LogP contribution in [0.2, 0.25) is 0 Å². The number of methoxy groups -OCH3 is 1. The molecule has 20 heavy (non-hydrogen) atoms. The molecule has 112 valence electrons. The largest absolute Gasteiger partial charge is 0.377 e. The Morgan fingerprint density at radius 1 is 1.15 bits per heavy atom. The molecule has 0 spiro atoms. The predicted molar refractivity (Wildman–Crippen MR) is 80.4 cm³/mol. The van der Waals surface area contributed by atoms with E-state index in [2.05, 4.69) is 30.5 Å². The van der Waals surface area contributed by atoms with E-state index < -0.39 is 0 Å². The summed E-state index contributed by atoms with van der Waals surface area (Å²) >= 11 is 0. The minimum absolute atomic E-state index is 0.264. The molecule has 0 aliphatic carbocycles. The second-order valence-corrected chi connectivity index (χ2v) is 5.54. The molecule has 7 heteroatoms. The van der Waals surface area contributed by atoms with Crippen LogP contribution in [0.15, 0.2) is 0 Å². The molecule has 2 heterocycles. The van der Waals surface area contributed by atoms with Crippen LogP contribution >= 0.6 is 0 Å². The summed E-state index contributed by atoms with van der Waals surface area (Å²) in [4.78, 5) is 15.4. The fourth-order valence-corrected chi connectivity index (χ4v) is 1.98. The quantitative estimate of drug-likeness (QED) is 0.814. The third-order valence-corrected chi connectivity index (χ3v) is 3.46.